The van der Waals surface area contributed by atoms with Gasteiger partial charge < -0.3 is 4.74 Å². The van der Waals surface area contributed by atoms with E-state index in [2.05, 4.69) is 9.64 Å². The molecular formula is C7H12NO2. The van der Waals surface area contributed by atoms with Crippen molar-refractivity contribution < 1.29 is 9.53 Å². The van der Waals surface area contributed by atoms with Gasteiger partial charge in [0.05, 0.1) is 0 Å². The molecule has 0 bridgehead atoms. The van der Waals surface area contributed by atoms with Gasteiger partial charge in [-0.3, -0.25) is 4.90 Å². The summed E-state index contributed by atoms with van der Waals surface area (Å²) < 4.78 is 4.45. The van der Waals surface area contributed by atoms with E-state index in [-0.39, 0.29) is 0 Å². The summed E-state index contributed by atoms with van der Waals surface area (Å²) in [6.07, 6.45) is 2.57. The standard InChI is InChI=1S/C7H12NO2/c9-7-10-6-5-8-3-1-2-4-8/h1-6H2. The first-order valence-electron chi connectivity index (χ1n) is 3.65. The molecule has 0 atom stereocenters. The molecular weight excluding hydrogens is 130 g/mol. The largest absolute Gasteiger partial charge is 0.456 e. The average Bonchev–Trinajstić information content (AvgIpc) is 2.41. The normalized spacial score (nSPS) is 19.2. The molecule has 57 valence electrons. The summed E-state index contributed by atoms with van der Waals surface area (Å²) in [6, 6.07) is 0. The molecule has 0 N–H and O–H groups in total. The van der Waals surface area contributed by atoms with Gasteiger partial charge in [0.2, 0.25) is 0 Å². The summed E-state index contributed by atoms with van der Waals surface area (Å²) in [5.74, 6) is 0. The van der Waals surface area contributed by atoms with Crippen LogP contribution < -0.4 is 0 Å². The van der Waals surface area contributed by atoms with Crippen LogP contribution in [-0.4, -0.2) is 37.6 Å². The van der Waals surface area contributed by atoms with Crippen molar-refractivity contribution in [1.29, 1.82) is 0 Å². The Morgan fingerprint density at radius 1 is 1.40 bits per heavy atom. The van der Waals surface area contributed by atoms with Gasteiger partial charge in [0.1, 0.15) is 6.61 Å². The summed E-state index contributed by atoms with van der Waals surface area (Å²) in [4.78, 5) is 11.9. The Morgan fingerprint density at radius 3 is 2.70 bits per heavy atom. The van der Waals surface area contributed by atoms with Crippen LogP contribution in [0.25, 0.3) is 0 Å². The lowest BCUT2D eigenvalue weighted by molar-refractivity contribution is 0.219. The SMILES string of the molecule is O=[C]OCCN1CCCC1. The van der Waals surface area contributed by atoms with Gasteiger partial charge in [-0.2, -0.15) is 0 Å². The Morgan fingerprint density at radius 2 is 2.10 bits per heavy atom. The van der Waals surface area contributed by atoms with E-state index in [1.54, 1.807) is 0 Å². The Bertz CT molecular complexity index is 99.8. The molecule has 10 heavy (non-hydrogen) atoms. The first kappa shape index (κ1) is 7.54. The Hall–Kier alpha value is -0.570. The van der Waals surface area contributed by atoms with E-state index in [1.807, 2.05) is 0 Å². The zero-order valence-electron chi connectivity index (χ0n) is 6.01. The number of likely N-dealkylation sites (tertiary alicyclic amines) is 1. The van der Waals surface area contributed by atoms with Crippen molar-refractivity contribution in [3.8, 4) is 0 Å². The maximum atomic E-state index is 9.61. The second kappa shape index (κ2) is 4.28. The minimum atomic E-state index is 0.490. The molecule has 0 aliphatic carbocycles. The van der Waals surface area contributed by atoms with Crippen molar-refractivity contribution in [2.45, 2.75) is 12.8 Å². The molecule has 0 aromatic carbocycles. The van der Waals surface area contributed by atoms with Gasteiger partial charge in [0, 0.05) is 6.54 Å². The third-order valence-electron chi connectivity index (χ3n) is 1.77. The molecule has 3 nitrogen and oxygen atoms in total. The van der Waals surface area contributed by atoms with E-state index < -0.39 is 0 Å². The minimum Gasteiger partial charge on any atom is -0.456 e. The molecule has 1 aliphatic heterocycles. The molecule has 0 unspecified atom stereocenters. The van der Waals surface area contributed by atoms with Crippen molar-refractivity contribution >= 4 is 6.47 Å². The second-order valence-corrected chi connectivity index (χ2v) is 2.48. The van der Waals surface area contributed by atoms with Gasteiger partial charge in [-0.05, 0) is 25.9 Å². The molecule has 0 saturated carbocycles. The van der Waals surface area contributed by atoms with Crippen molar-refractivity contribution in [3.63, 3.8) is 0 Å². The van der Waals surface area contributed by atoms with Crippen molar-refractivity contribution in [1.82, 2.24) is 4.90 Å². The zero-order chi connectivity index (χ0) is 7.23. The fraction of sp³-hybridized carbons (Fsp3) is 0.857. The maximum Gasteiger partial charge on any atom is 0.417 e. The van der Waals surface area contributed by atoms with Crippen LogP contribution in [0.3, 0.4) is 0 Å². The smallest absolute Gasteiger partial charge is 0.417 e. The van der Waals surface area contributed by atoms with Crippen LogP contribution in [0.5, 0.6) is 0 Å². The average molecular weight is 142 g/mol. The van der Waals surface area contributed by atoms with Crippen LogP contribution in [0.1, 0.15) is 12.8 Å². The molecule has 0 aromatic heterocycles. The second-order valence-electron chi connectivity index (χ2n) is 2.48. The van der Waals surface area contributed by atoms with Gasteiger partial charge >= 0.3 is 6.47 Å². The van der Waals surface area contributed by atoms with Gasteiger partial charge in [-0.25, -0.2) is 4.79 Å². The Labute approximate surface area is 61.0 Å². The van der Waals surface area contributed by atoms with Crippen LogP contribution in [0.15, 0.2) is 0 Å². The van der Waals surface area contributed by atoms with Crippen molar-refractivity contribution in [2.75, 3.05) is 26.2 Å². The maximum absolute atomic E-state index is 9.61. The monoisotopic (exact) mass is 142 g/mol. The quantitative estimate of drug-likeness (QED) is 0.524. The summed E-state index contributed by atoms with van der Waals surface area (Å²) in [5.41, 5.74) is 0. The summed E-state index contributed by atoms with van der Waals surface area (Å²) in [7, 11) is 0. The van der Waals surface area contributed by atoms with E-state index >= 15 is 0 Å². The Kier molecular flexibility index (Phi) is 3.22. The molecule has 1 fully saturated rings. The summed E-state index contributed by atoms with van der Waals surface area (Å²) in [6.45, 7) is 5.08. The van der Waals surface area contributed by atoms with Crippen LogP contribution in [0, 0.1) is 0 Å². The molecule has 1 saturated heterocycles. The number of hydrogen-bond donors (Lipinski definition) is 0. The fourth-order valence-corrected chi connectivity index (χ4v) is 1.22. The summed E-state index contributed by atoms with van der Waals surface area (Å²) >= 11 is 0. The highest BCUT2D eigenvalue weighted by Gasteiger charge is 2.09. The van der Waals surface area contributed by atoms with Crippen LogP contribution in [0.4, 0.5) is 0 Å². The highest BCUT2D eigenvalue weighted by molar-refractivity contribution is 5.38. The van der Waals surface area contributed by atoms with E-state index in [4.69, 9.17) is 0 Å². The van der Waals surface area contributed by atoms with Crippen LogP contribution in [-0.2, 0) is 9.53 Å². The molecule has 0 aromatic rings. The first-order chi connectivity index (χ1) is 4.93. The lowest BCUT2D eigenvalue weighted by atomic mass is 10.4. The number of rotatable bonds is 4. The summed E-state index contributed by atoms with van der Waals surface area (Å²) in [5, 5.41) is 0. The molecule has 1 heterocycles. The lowest BCUT2D eigenvalue weighted by Crippen LogP contribution is -2.23. The number of ether oxygens (including phenoxy) is 1. The van der Waals surface area contributed by atoms with Crippen LogP contribution in [0.2, 0.25) is 0 Å². The Balaban J connectivity index is 1.96. The van der Waals surface area contributed by atoms with Gasteiger partial charge in [-0.15, -0.1) is 0 Å². The molecule has 3 heteroatoms. The number of nitrogens with zero attached hydrogens (tertiary/aromatic N) is 1. The van der Waals surface area contributed by atoms with E-state index in [0.29, 0.717) is 6.61 Å². The zero-order valence-corrected chi connectivity index (χ0v) is 6.01. The lowest BCUT2D eigenvalue weighted by Gasteiger charge is -2.11. The van der Waals surface area contributed by atoms with Crippen LogP contribution >= 0.6 is 0 Å². The topological polar surface area (TPSA) is 29.5 Å². The van der Waals surface area contributed by atoms with Crippen molar-refractivity contribution in [3.05, 3.63) is 0 Å². The van der Waals surface area contributed by atoms with Gasteiger partial charge in [-0.1, -0.05) is 0 Å². The molecule has 1 radical (unpaired) electrons. The van der Waals surface area contributed by atoms with E-state index in [1.165, 1.54) is 19.3 Å². The predicted octanol–water partition coefficient (Wildman–Crippen LogP) is 0.166. The molecule has 1 rings (SSSR count). The minimum absolute atomic E-state index is 0.490. The molecule has 0 amide bonds. The number of hydrogen-bond acceptors (Lipinski definition) is 3. The van der Waals surface area contributed by atoms with E-state index in [9.17, 15) is 4.79 Å². The van der Waals surface area contributed by atoms with Gasteiger partial charge in [0.15, 0.2) is 0 Å². The van der Waals surface area contributed by atoms with E-state index in [0.717, 1.165) is 19.6 Å². The molecule has 0 spiro atoms. The highest BCUT2D eigenvalue weighted by atomic mass is 16.5. The molecule has 1 aliphatic rings. The predicted molar refractivity (Wildman–Crippen MR) is 37.3 cm³/mol. The third-order valence-corrected chi connectivity index (χ3v) is 1.77. The van der Waals surface area contributed by atoms with Crippen molar-refractivity contribution in [2.24, 2.45) is 0 Å². The van der Waals surface area contributed by atoms with Gasteiger partial charge in [0.25, 0.3) is 0 Å². The number of carbonyl (C=O) groups excluding carboxylic acids is 1. The first-order valence-corrected chi connectivity index (χ1v) is 3.65. The highest BCUT2D eigenvalue weighted by Crippen LogP contribution is 2.05. The fourth-order valence-electron chi connectivity index (χ4n) is 1.22. The third kappa shape index (κ3) is 2.35.